The van der Waals surface area contributed by atoms with Crippen LogP contribution >= 0.6 is 24.6 Å². The van der Waals surface area contributed by atoms with E-state index in [9.17, 15) is 37.6 Å². The van der Waals surface area contributed by atoms with E-state index in [2.05, 4.69) is 34.4 Å². The highest BCUT2D eigenvalue weighted by Crippen LogP contribution is 2.49. The number of hydrogen-bond acceptors (Lipinski definition) is 10. The van der Waals surface area contributed by atoms with Crippen LogP contribution in [0.2, 0.25) is 0 Å². The second-order valence-electron chi connectivity index (χ2n) is 16.6. The summed E-state index contributed by atoms with van der Waals surface area (Å²) in [5.41, 5.74) is 5.33. The van der Waals surface area contributed by atoms with Crippen LogP contribution in [0.15, 0.2) is 54.7 Å². The van der Waals surface area contributed by atoms with Crippen LogP contribution < -0.4 is 30.9 Å². The summed E-state index contributed by atoms with van der Waals surface area (Å²) >= 11 is 5.80. The minimum atomic E-state index is -4.85. The first-order valence-electron chi connectivity index (χ1n) is 20.2. The smallest absolute Gasteiger partial charge is 0.419 e. The number of thiocarbonyl (C=S) groups is 1. The van der Waals surface area contributed by atoms with Crippen molar-refractivity contribution >= 4 is 70.4 Å². The highest BCUT2D eigenvalue weighted by Gasteiger charge is 2.60. The molecule has 0 bridgehead atoms. The summed E-state index contributed by atoms with van der Waals surface area (Å²) in [6, 6.07) is 13.9. The van der Waals surface area contributed by atoms with E-state index in [4.69, 9.17) is 22.7 Å². The molecule has 4 amide bonds. The van der Waals surface area contributed by atoms with E-state index in [-0.39, 0.29) is 41.4 Å². The summed E-state index contributed by atoms with van der Waals surface area (Å²) in [4.78, 5) is 59.7. The first-order chi connectivity index (χ1) is 28.5. The van der Waals surface area contributed by atoms with Gasteiger partial charge in [-0.2, -0.15) is 18.4 Å². The summed E-state index contributed by atoms with van der Waals surface area (Å²) in [5.74, 6) is -0.609. The number of amides is 4. The summed E-state index contributed by atoms with van der Waals surface area (Å²) in [6.45, 7) is 7.25. The Hall–Kier alpha value is -5.31. The molecule has 1 aromatic heterocycles. The minimum Gasteiger partial charge on any atom is -0.493 e. The van der Waals surface area contributed by atoms with E-state index >= 15 is 0 Å². The molecule has 3 saturated heterocycles. The Morgan fingerprint density at radius 1 is 1.13 bits per heavy atom. The number of ether oxygens (including phenoxy) is 1. The Labute approximate surface area is 363 Å². The molecule has 18 heteroatoms. The molecule has 3 aliphatic heterocycles. The number of aryl methyl sites for hydroxylation is 1. The zero-order valence-corrected chi connectivity index (χ0v) is 35.6. The van der Waals surface area contributed by atoms with Gasteiger partial charge < -0.3 is 20.7 Å². The van der Waals surface area contributed by atoms with Crippen LogP contribution in [0.5, 0.6) is 5.75 Å². The Morgan fingerprint density at radius 2 is 1.89 bits per heavy atom. The number of anilines is 3. The molecule has 3 unspecified atom stereocenters. The lowest BCUT2D eigenvalue weighted by molar-refractivity contribution is -0.138. The summed E-state index contributed by atoms with van der Waals surface area (Å²) < 4.78 is 47.9. The predicted octanol–water partition coefficient (Wildman–Crippen LogP) is 6.72. The van der Waals surface area contributed by atoms with Gasteiger partial charge in [0.2, 0.25) is 17.7 Å². The zero-order chi connectivity index (χ0) is 43.1. The topological polar surface area (TPSA) is 174 Å². The Bertz CT molecular complexity index is 2280. The predicted molar refractivity (Wildman–Crippen MR) is 228 cm³/mol. The van der Waals surface area contributed by atoms with Gasteiger partial charge in [0.05, 0.1) is 24.1 Å². The van der Waals surface area contributed by atoms with Crippen LogP contribution in [0, 0.1) is 17.2 Å². The Morgan fingerprint density at radius 3 is 2.51 bits per heavy atom. The van der Waals surface area contributed by atoms with Gasteiger partial charge in [0.25, 0.3) is 5.91 Å². The fourth-order valence-corrected chi connectivity index (χ4v) is 9.62. The van der Waals surface area contributed by atoms with Gasteiger partial charge in [0.15, 0.2) is 10.8 Å². The lowest BCUT2D eigenvalue weighted by Gasteiger charge is -2.48. The van der Waals surface area contributed by atoms with Crippen molar-refractivity contribution in [2.24, 2.45) is 11.7 Å². The Kier molecular flexibility index (Phi) is 13.0. The molecule has 2 aromatic carbocycles. The highest BCUT2D eigenvalue weighted by atomic mass is 35.5. The average molecular weight is 881 g/mol. The number of hydrogen-bond donors (Lipinski definition) is 3. The molecule has 13 nitrogen and oxygen atoms in total. The van der Waals surface area contributed by atoms with Gasteiger partial charge in [0, 0.05) is 29.9 Å². The number of imide groups is 1. The largest absolute Gasteiger partial charge is 0.493 e. The number of benzene rings is 2. The molecule has 1 spiro atoms. The van der Waals surface area contributed by atoms with Gasteiger partial charge >= 0.3 is 6.18 Å². The third kappa shape index (κ3) is 8.76. The van der Waals surface area contributed by atoms with Crippen LogP contribution in [-0.2, 0) is 31.8 Å². The van der Waals surface area contributed by atoms with Crippen molar-refractivity contribution in [3.63, 3.8) is 0 Å². The van der Waals surface area contributed by atoms with Crippen molar-refractivity contribution in [3.8, 4) is 11.8 Å². The maximum atomic E-state index is 14.0. The SMILES string of the molecule is CCc1cc(N2C(=S)N(c3cnc(C#N)c(C(F)(F)F)c3)C(=O)C23CCC3)ccc1OCCC1CCN(C(C(N)=O)c2cccc(NC3CCC(=O)NC3=O)c2)C(C)(C)C1.Cl. The number of rotatable bonds is 12. The maximum absolute atomic E-state index is 14.0. The minimum absolute atomic E-state index is 0. The molecule has 3 atom stereocenters. The average Bonchev–Trinajstić information content (AvgIpc) is 3.42. The van der Waals surface area contributed by atoms with Gasteiger partial charge in [0.1, 0.15) is 29.4 Å². The number of piperidine rings is 2. The van der Waals surface area contributed by atoms with Crippen LogP contribution in [0.1, 0.15) is 101 Å². The molecule has 0 radical (unpaired) electrons. The van der Waals surface area contributed by atoms with E-state index in [0.29, 0.717) is 67.4 Å². The van der Waals surface area contributed by atoms with Gasteiger partial charge in [-0.25, -0.2) is 4.98 Å². The maximum Gasteiger partial charge on any atom is 0.419 e. The van der Waals surface area contributed by atoms with Gasteiger partial charge in [-0.1, -0.05) is 19.1 Å². The molecular formula is C43H48ClF3N8O5S. The molecule has 324 valence electrons. The van der Waals surface area contributed by atoms with Gasteiger partial charge in [-0.3, -0.25) is 34.3 Å². The number of carbonyl (C=O) groups is 4. The number of primary amides is 1. The number of halogens is 4. The molecule has 4 aliphatic rings. The number of alkyl halides is 3. The zero-order valence-electron chi connectivity index (χ0n) is 34.0. The van der Waals surface area contributed by atoms with Crippen LogP contribution in [0.3, 0.4) is 0 Å². The lowest BCUT2D eigenvalue weighted by Crippen LogP contribution is -2.55. The normalized spacial score (nSPS) is 21.6. The van der Waals surface area contributed by atoms with Crippen molar-refractivity contribution in [1.29, 1.82) is 5.26 Å². The first kappa shape index (κ1) is 45.2. The molecule has 7 rings (SSSR count). The molecular weight excluding hydrogens is 833 g/mol. The fraction of sp³-hybridized carbons (Fsp3) is 0.465. The third-order valence-electron chi connectivity index (χ3n) is 12.3. The standard InChI is InChI=1S/C43H47F3N8O5S.ClH/c1-4-26-20-29(54-40(60)53(39(58)42(54)15-6-16-42)30-21-31(43(44,45)46)33(23-47)49-24-30)9-11-34(26)59-18-14-25-13-17-52(41(2,3)22-25)36(37(48)56)27-7-5-8-28(19-27)50-32-10-12-35(55)51-38(32)57;/h5,7-9,11,19-21,24-25,32,36,50H,4,6,10,12-18,22H2,1-3H3,(H2,48,56)(H,51,55,57);1H. The van der Waals surface area contributed by atoms with Crippen molar-refractivity contribution in [2.75, 3.05) is 28.3 Å². The van der Waals surface area contributed by atoms with Gasteiger partial charge in [-0.15, -0.1) is 12.4 Å². The quantitative estimate of drug-likeness (QED) is 0.130. The van der Waals surface area contributed by atoms with E-state index in [1.54, 1.807) is 4.90 Å². The number of carbonyl (C=O) groups excluding carboxylic acids is 4. The molecule has 4 N–H and O–H groups in total. The first-order valence-corrected chi connectivity index (χ1v) is 20.6. The Balaban J connectivity index is 0.00000622. The second kappa shape index (κ2) is 17.6. The van der Waals surface area contributed by atoms with E-state index < -0.39 is 52.4 Å². The number of likely N-dealkylation sites (tertiary alicyclic amines) is 1. The molecule has 1 aliphatic carbocycles. The number of nitrogens with two attached hydrogens (primary N) is 1. The molecule has 1 saturated carbocycles. The number of nitrogens with zero attached hydrogens (tertiary/aromatic N) is 5. The molecule has 3 aromatic rings. The third-order valence-corrected chi connectivity index (χ3v) is 12.7. The van der Waals surface area contributed by atoms with Crippen molar-refractivity contribution in [2.45, 2.75) is 108 Å². The number of pyridine rings is 1. The summed E-state index contributed by atoms with van der Waals surface area (Å²) in [5, 5.41) is 14.8. The lowest BCUT2D eigenvalue weighted by atomic mass is 9.75. The van der Waals surface area contributed by atoms with Crippen LogP contribution in [0.25, 0.3) is 0 Å². The van der Waals surface area contributed by atoms with E-state index in [1.165, 1.54) is 6.07 Å². The number of aromatic nitrogens is 1. The van der Waals surface area contributed by atoms with Gasteiger partial charge in [-0.05, 0) is 131 Å². The van der Waals surface area contributed by atoms with E-state index in [0.717, 1.165) is 48.4 Å². The second-order valence-corrected chi connectivity index (χ2v) is 16.9. The van der Waals surface area contributed by atoms with Crippen molar-refractivity contribution < 1.29 is 37.1 Å². The number of nitrogens with one attached hydrogen (secondary N) is 2. The fourth-order valence-electron chi connectivity index (χ4n) is 9.15. The highest BCUT2D eigenvalue weighted by molar-refractivity contribution is 7.81. The summed E-state index contributed by atoms with van der Waals surface area (Å²) in [6.07, 6.45) is 1.49. The van der Waals surface area contributed by atoms with Crippen molar-refractivity contribution in [3.05, 3.63) is 77.1 Å². The summed E-state index contributed by atoms with van der Waals surface area (Å²) in [7, 11) is 0. The van der Waals surface area contributed by atoms with Crippen LogP contribution in [0.4, 0.5) is 30.2 Å². The monoisotopic (exact) mass is 880 g/mol. The molecule has 61 heavy (non-hydrogen) atoms. The molecule has 4 fully saturated rings. The van der Waals surface area contributed by atoms with Crippen molar-refractivity contribution in [1.82, 2.24) is 15.2 Å². The van der Waals surface area contributed by atoms with Crippen LogP contribution in [-0.4, -0.2) is 68.9 Å². The molecule has 4 heterocycles. The number of nitriles is 1. The van der Waals surface area contributed by atoms with E-state index in [1.807, 2.05) is 49.4 Å².